The van der Waals surface area contributed by atoms with Crippen LogP contribution in [0.25, 0.3) is 0 Å². The zero-order chi connectivity index (χ0) is 15.3. The van der Waals surface area contributed by atoms with E-state index in [0.29, 0.717) is 6.54 Å². The van der Waals surface area contributed by atoms with Gasteiger partial charge in [0, 0.05) is 19.1 Å². The Morgan fingerprint density at radius 2 is 2.05 bits per heavy atom. The van der Waals surface area contributed by atoms with Crippen LogP contribution in [0.4, 0.5) is 4.79 Å². The molecule has 0 aromatic carbocycles. The Hall–Kier alpha value is -1.30. The molecule has 1 aliphatic rings. The lowest BCUT2D eigenvalue weighted by Gasteiger charge is -2.37. The van der Waals surface area contributed by atoms with Gasteiger partial charge in [-0.2, -0.15) is 0 Å². The van der Waals surface area contributed by atoms with Crippen LogP contribution in [0.15, 0.2) is 0 Å². The highest BCUT2D eigenvalue weighted by Gasteiger charge is 2.37. The summed E-state index contributed by atoms with van der Waals surface area (Å²) in [5.41, 5.74) is -1.20. The smallest absolute Gasteiger partial charge is 0.329 e. The standard InChI is InChI=1S/C14H27N3O3/c1-5-16-9-7-8-11(10-16)15-13(20)17(6-2)14(3,4)12(18)19/h11H,5-10H2,1-4H3,(H,15,20)(H,18,19). The Labute approximate surface area is 121 Å². The van der Waals surface area contributed by atoms with Gasteiger partial charge in [0.25, 0.3) is 0 Å². The van der Waals surface area contributed by atoms with Crippen LogP contribution < -0.4 is 5.32 Å². The van der Waals surface area contributed by atoms with Crippen molar-refractivity contribution in [2.75, 3.05) is 26.2 Å². The van der Waals surface area contributed by atoms with Crippen LogP contribution in [0.2, 0.25) is 0 Å². The minimum absolute atomic E-state index is 0.106. The van der Waals surface area contributed by atoms with E-state index in [0.717, 1.165) is 32.5 Å². The quantitative estimate of drug-likeness (QED) is 0.800. The number of urea groups is 1. The zero-order valence-corrected chi connectivity index (χ0v) is 13.0. The highest BCUT2D eigenvalue weighted by atomic mass is 16.4. The number of likely N-dealkylation sites (tertiary alicyclic amines) is 1. The van der Waals surface area contributed by atoms with Gasteiger partial charge >= 0.3 is 12.0 Å². The minimum atomic E-state index is -1.20. The van der Waals surface area contributed by atoms with E-state index in [2.05, 4.69) is 17.1 Å². The molecule has 0 radical (unpaired) electrons. The normalized spacial score (nSPS) is 20.5. The summed E-state index contributed by atoms with van der Waals surface area (Å²) in [7, 11) is 0. The number of hydrogen-bond acceptors (Lipinski definition) is 3. The highest BCUT2D eigenvalue weighted by Crippen LogP contribution is 2.16. The van der Waals surface area contributed by atoms with Crippen molar-refractivity contribution in [3.63, 3.8) is 0 Å². The number of carbonyl (C=O) groups excluding carboxylic acids is 1. The molecule has 0 saturated carbocycles. The molecule has 20 heavy (non-hydrogen) atoms. The number of aliphatic carboxylic acids is 1. The molecule has 1 unspecified atom stereocenters. The molecular formula is C14H27N3O3. The minimum Gasteiger partial charge on any atom is -0.480 e. The lowest BCUT2D eigenvalue weighted by molar-refractivity contribution is -0.147. The summed E-state index contributed by atoms with van der Waals surface area (Å²) in [4.78, 5) is 27.3. The van der Waals surface area contributed by atoms with Gasteiger partial charge in [-0.05, 0) is 46.7 Å². The van der Waals surface area contributed by atoms with Crippen LogP contribution in [0.3, 0.4) is 0 Å². The molecule has 1 atom stereocenters. The van der Waals surface area contributed by atoms with Gasteiger partial charge in [-0.1, -0.05) is 6.92 Å². The number of likely N-dealkylation sites (N-methyl/N-ethyl adjacent to an activating group) is 2. The lowest BCUT2D eigenvalue weighted by Crippen LogP contribution is -2.59. The van der Waals surface area contributed by atoms with Crippen LogP contribution in [-0.4, -0.2) is 64.7 Å². The molecule has 0 spiro atoms. The van der Waals surface area contributed by atoms with E-state index in [1.54, 1.807) is 20.8 Å². The molecular weight excluding hydrogens is 258 g/mol. The maximum atomic E-state index is 12.3. The van der Waals surface area contributed by atoms with Gasteiger partial charge in [0.2, 0.25) is 0 Å². The number of carboxylic acids is 1. The molecule has 1 heterocycles. The van der Waals surface area contributed by atoms with Crippen molar-refractivity contribution < 1.29 is 14.7 Å². The maximum Gasteiger partial charge on any atom is 0.329 e. The molecule has 1 saturated heterocycles. The first-order chi connectivity index (χ1) is 9.32. The SMILES string of the molecule is CCN1CCCC(NC(=O)N(CC)C(C)(C)C(=O)O)C1. The van der Waals surface area contributed by atoms with Crippen LogP contribution in [0.5, 0.6) is 0 Å². The number of hydrogen-bond donors (Lipinski definition) is 2. The number of nitrogens with zero attached hydrogens (tertiary/aromatic N) is 2. The fourth-order valence-corrected chi connectivity index (χ4v) is 2.62. The van der Waals surface area contributed by atoms with Crippen molar-refractivity contribution >= 4 is 12.0 Å². The van der Waals surface area contributed by atoms with E-state index >= 15 is 0 Å². The van der Waals surface area contributed by atoms with Crippen molar-refractivity contribution in [2.24, 2.45) is 0 Å². The molecule has 0 aromatic heterocycles. The van der Waals surface area contributed by atoms with Crippen molar-refractivity contribution in [3.8, 4) is 0 Å². The summed E-state index contributed by atoms with van der Waals surface area (Å²) < 4.78 is 0. The molecule has 116 valence electrons. The highest BCUT2D eigenvalue weighted by molar-refractivity contribution is 5.85. The molecule has 6 nitrogen and oxygen atoms in total. The summed E-state index contributed by atoms with van der Waals surface area (Å²) in [6, 6.07) is -0.183. The molecule has 1 rings (SSSR count). The second-order valence-corrected chi connectivity index (χ2v) is 5.79. The van der Waals surface area contributed by atoms with E-state index in [1.165, 1.54) is 4.90 Å². The first kappa shape index (κ1) is 16.8. The summed E-state index contributed by atoms with van der Waals surface area (Å²) in [5, 5.41) is 12.2. The van der Waals surface area contributed by atoms with E-state index in [-0.39, 0.29) is 12.1 Å². The maximum absolute atomic E-state index is 12.3. The number of carboxylic acid groups (broad SMARTS) is 1. The van der Waals surface area contributed by atoms with Crippen molar-refractivity contribution in [1.29, 1.82) is 0 Å². The lowest BCUT2D eigenvalue weighted by atomic mass is 10.0. The topological polar surface area (TPSA) is 72.9 Å². The number of rotatable bonds is 5. The monoisotopic (exact) mass is 285 g/mol. The molecule has 2 N–H and O–H groups in total. The van der Waals surface area contributed by atoms with Gasteiger partial charge in [0.15, 0.2) is 0 Å². The molecule has 0 bridgehead atoms. The molecule has 0 aliphatic carbocycles. The van der Waals surface area contributed by atoms with Gasteiger partial charge < -0.3 is 20.2 Å². The Morgan fingerprint density at radius 1 is 1.40 bits per heavy atom. The predicted octanol–water partition coefficient (Wildman–Crippen LogP) is 1.37. The summed E-state index contributed by atoms with van der Waals surface area (Å²) in [5.74, 6) is -0.992. The first-order valence-corrected chi connectivity index (χ1v) is 7.36. The zero-order valence-electron chi connectivity index (χ0n) is 13.0. The van der Waals surface area contributed by atoms with E-state index in [1.807, 2.05) is 0 Å². The largest absolute Gasteiger partial charge is 0.480 e. The average Bonchev–Trinajstić information content (AvgIpc) is 2.39. The number of piperidine rings is 1. The molecule has 1 fully saturated rings. The van der Waals surface area contributed by atoms with Crippen molar-refractivity contribution in [1.82, 2.24) is 15.1 Å². The van der Waals surface area contributed by atoms with Gasteiger partial charge in [0.1, 0.15) is 5.54 Å². The third kappa shape index (κ3) is 3.85. The second kappa shape index (κ2) is 6.92. The summed E-state index contributed by atoms with van der Waals surface area (Å²) in [6.07, 6.45) is 2.01. The van der Waals surface area contributed by atoms with Crippen molar-refractivity contribution in [3.05, 3.63) is 0 Å². The second-order valence-electron chi connectivity index (χ2n) is 5.79. The van der Waals surface area contributed by atoms with Crippen LogP contribution in [0, 0.1) is 0 Å². The first-order valence-electron chi connectivity index (χ1n) is 7.36. The van der Waals surface area contributed by atoms with Crippen LogP contribution >= 0.6 is 0 Å². The fraction of sp³-hybridized carbons (Fsp3) is 0.857. The van der Waals surface area contributed by atoms with Gasteiger partial charge in [-0.3, -0.25) is 0 Å². The fourth-order valence-electron chi connectivity index (χ4n) is 2.62. The molecule has 2 amide bonds. The number of amides is 2. The van der Waals surface area contributed by atoms with E-state index in [4.69, 9.17) is 0 Å². The Balaban J connectivity index is 2.66. The Morgan fingerprint density at radius 3 is 2.55 bits per heavy atom. The third-order valence-corrected chi connectivity index (χ3v) is 4.04. The number of nitrogens with one attached hydrogen (secondary N) is 1. The van der Waals surface area contributed by atoms with Crippen LogP contribution in [-0.2, 0) is 4.79 Å². The van der Waals surface area contributed by atoms with Gasteiger partial charge in [-0.25, -0.2) is 9.59 Å². The molecule has 6 heteroatoms. The van der Waals surface area contributed by atoms with E-state index < -0.39 is 11.5 Å². The van der Waals surface area contributed by atoms with Crippen molar-refractivity contribution in [2.45, 2.75) is 52.1 Å². The van der Waals surface area contributed by atoms with Gasteiger partial charge in [0.05, 0.1) is 0 Å². The number of carbonyl (C=O) groups is 2. The Bertz CT molecular complexity index is 358. The Kier molecular flexibility index (Phi) is 5.80. The molecule has 0 aromatic rings. The summed E-state index contributed by atoms with van der Waals surface area (Å²) in [6.45, 7) is 10.3. The van der Waals surface area contributed by atoms with Gasteiger partial charge in [-0.15, -0.1) is 0 Å². The van der Waals surface area contributed by atoms with E-state index in [9.17, 15) is 14.7 Å². The predicted molar refractivity (Wildman–Crippen MR) is 77.8 cm³/mol. The molecule has 1 aliphatic heterocycles. The summed E-state index contributed by atoms with van der Waals surface area (Å²) >= 11 is 0. The third-order valence-electron chi connectivity index (χ3n) is 4.04. The van der Waals surface area contributed by atoms with Crippen LogP contribution in [0.1, 0.15) is 40.5 Å². The average molecular weight is 285 g/mol.